The summed E-state index contributed by atoms with van der Waals surface area (Å²) in [5, 5.41) is 13.2. The molecule has 0 spiro atoms. The minimum absolute atomic E-state index is 0.0327. The first-order valence-electron chi connectivity index (χ1n) is 4.90. The number of anilines is 1. The Hall–Kier alpha value is -1.56. The molecule has 82 valence electrons. The minimum atomic E-state index is -0.378. The third-order valence-electron chi connectivity index (χ3n) is 2.47. The van der Waals surface area contributed by atoms with E-state index >= 15 is 0 Å². The zero-order valence-electron chi connectivity index (χ0n) is 8.33. The highest BCUT2D eigenvalue weighted by atomic mass is 16.3. The van der Waals surface area contributed by atoms with Crippen molar-refractivity contribution in [3.63, 3.8) is 0 Å². The van der Waals surface area contributed by atoms with Gasteiger partial charge >= 0.3 is 0 Å². The van der Waals surface area contributed by atoms with E-state index in [-0.39, 0.29) is 18.6 Å². The molecule has 1 aliphatic rings. The standard InChI is InChI=1S/C9H14N4O2/c10-8-2-4-13(11-8)6-9(15)12-3-1-7(14)5-12/h2,4,7,14H,1,3,5-6H2,(H2,10,11). The average molecular weight is 210 g/mol. The second-order valence-corrected chi connectivity index (χ2v) is 3.72. The van der Waals surface area contributed by atoms with Gasteiger partial charge in [0.15, 0.2) is 0 Å². The molecule has 1 aliphatic heterocycles. The van der Waals surface area contributed by atoms with Crippen molar-refractivity contribution in [1.29, 1.82) is 0 Å². The molecule has 1 aromatic heterocycles. The molecular weight excluding hydrogens is 196 g/mol. The SMILES string of the molecule is Nc1ccn(CC(=O)N2CCC(O)C2)n1. The molecule has 1 fully saturated rings. The molecule has 1 amide bonds. The van der Waals surface area contributed by atoms with Gasteiger partial charge in [-0.25, -0.2) is 0 Å². The first-order valence-corrected chi connectivity index (χ1v) is 4.90. The molecule has 6 nitrogen and oxygen atoms in total. The molecule has 0 saturated carbocycles. The Morgan fingerprint density at radius 1 is 1.73 bits per heavy atom. The van der Waals surface area contributed by atoms with Gasteiger partial charge in [-0.1, -0.05) is 0 Å². The van der Waals surface area contributed by atoms with Crippen LogP contribution in [0.5, 0.6) is 0 Å². The van der Waals surface area contributed by atoms with Gasteiger partial charge in [0.1, 0.15) is 12.4 Å². The number of hydrogen-bond acceptors (Lipinski definition) is 4. The average Bonchev–Trinajstić information content (AvgIpc) is 2.75. The van der Waals surface area contributed by atoms with Crippen LogP contribution < -0.4 is 5.73 Å². The molecule has 15 heavy (non-hydrogen) atoms. The molecule has 2 heterocycles. The number of carbonyl (C=O) groups is 1. The topological polar surface area (TPSA) is 84.4 Å². The zero-order chi connectivity index (χ0) is 10.8. The number of nitrogens with zero attached hydrogens (tertiary/aromatic N) is 3. The van der Waals surface area contributed by atoms with Crippen LogP contribution in [0.1, 0.15) is 6.42 Å². The highest BCUT2D eigenvalue weighted by molar-refractivity contribution is 5.76. The van der Waals surface area contributed by atoms with E-state index in [1.165, 1.54) is 4.68 Å². The van der Waals surface area contributed by atoms with Gasteiger partial charge in [-0.3, -0.25) is 9.48 Å². The predicted octanol–water partition coefficient (Wildman–Crippen LogP) is -0.942. The summed E-state index contributed by atoms with van der Waals surface area (Å²) >= 11 is 0. The summed E-state index contributed by atoms with van der Waals surface area (Å²) < 4.78 is 1.50. The van der Waals surface area contributed by atoms with Crippen molar-refractivity contribution in [2.45, 2.75) is 19.1 Å². The molecule has 2 rings (SSSR count). The van der Waals surface area contributed by atoms with Crippen molar-refractivity contribution >= 4 is 11.7 Å². The number of carbonyl (C=O) groups excluding carboxylic acids is 1. The fraction of sp³-hybridized carbons (Fsp3) is 0.556. The van der Waals surface area contributed by atoms with Gasteiger partial charge < -0.3 is 15.7 Å². The number of hydrogen-bond donors (Lipinski definition) is 2. The maximum absolute atomic E-state index is 11.7. The van der Waals surface area contributed by atoms with Crippen LogP contribution in [0, 0.1) is 0 Å². The minimum Gasteiger partial charge on any atom is -0.391 e. The number of nitrogen functional groups attached to an aromatic ring is 1. The number of amides is 1. The third-order valence-corrected chi connectivity index (χ3v) is 2.47. The molecule has 6 heteroatoms. The van der Waals surface area contributed by atoms with Crippen LogP contribution in [-0.2, 0) is 11.3 Å². The van der Waals surface area contributed by atoms with Crippen molar-refractivity contribution in [3.8, 4) is 0 Å². The second kappa shape index (κ2) is 3.90. The third kappa shape index (κ3) is 2.27. The lowest BCUT2D eigenvalue weighted by molar-refractivity contribution is -0.131. The summed E-state index contributed by atoms with van der Waals surface area (Å²) in [6.07, 6.45) is 1.95. The monoisotopic (exact) mass is 210 g/mol. The van der Waals surface area contributed by atoms with E-state index in [1.807, 2.05) is 0 Å². The fourth-order valence-electron chi connectivity index (χ4n) is 1.67. The summed E-state index contributed by atoms with van der Waals surface area (Å²) in [5.74, 6) is 0.374. The van der Waals surface area contributed by atoms with E-state index < -0.39 is 0 Å². The van der Waals surface area contributed by atoms with Gasteiger partial charge in [0.2, 0.25) is 5.91 Å². The summed E-state index contributed by atoms with van der Waals surface area (Å²) in [6.45, 7) is 1.23. The first kappa shape index (κ1) is 9.97. The van der Waals surface area contributed by atoms with E-state index in [0.29, 0.717) is 25.3 Å². The van der Waals surface area contributed by atoms with E-state index in [0.717, 1.165) is 0 Å². The Morgan fingerprint density at radius 2 is 2.53 bits per heavy atom. The molecule has 1 saturated heterocycles. The van der Waals surface area contributed by atoms with Gasteiger partial charge in [0.25, 0.3) is 0 Å². The number of rotatable bonds is 2. The lowest BCUT2D eigenvalue weighted by atomic mass is 10.3. The van der Waals surface area contributed by atoms with E-state index in [2.05, 4.69) is 5.10 Å². The molecule has 0 aromatic carbocycles. The summed E-state index contributed by atoms with van der Waals surface area (Å²) in [5.41, 5.74) is 5.43. The normalized spacial score (nSPS) is 20.9. The molecule has 0 bridgehead atoms. The van der Waals surface area contributed by atoms with Crippen LogP contribution >= 0.6 is 0 Å². The molecular formula is C9H14N4O2. The molecule has 0 aliphatic carbocycles. The van der Waals surface area contributed by atoms with Crippen molar-refractivity contribution in [1.82, 2.24) is 14.7 Å². The second-order valence-electron chi connectivity index (χ2n) is 3.72. The summed E-state index contributed by atoms with van der Waals surface area (Å²) in [7, 11) is 0. The molecule has 1 unspecified atom stereocenters. The number of aliphatic hydroxyl groups excluding tert-OH is 1. The number of nitrogens with two attached hydrogens (primary N) is 1. The largest absolute Gasteiger partial charge is 0.391 e. The van der Waals surface area contributed by atoms with Crippen LogP contribution in [0.25, 0.3) is 0 Å². The van der Waals surface area contributed by atoms with Crippen LogP contribution in [0.4, 0.5) is 5.82 Å². The Labute approximate surface area is 87.3 Å². The van der Waals surface area contributed by atoms with E-state index in [9.17, 15) is 9.90 Å². The van der Waals surface area contributed by atoms with Crippen LogP contribution in [0.3, 0.4) is 0 Å². The number of aliphatic hydroxyl groups is 1. The van der Waals surface area contributed by atoms with E-state index in [1.54, 1.807) is 17.2 Å². The van der Waals surface area contributed by atoms with Gasteiger partial charge in [-0.15, -0.1) is 0 Å². The smallest absolute Gasteiger partial charge is 0.244 e. The van der Waals surface area contributed by atoms with Crippen LogP contribution in [0.15, 0.2) is 12.3 Å². The Morgan fingerprint density at radius 3 is 3.07 bits per heavy atom. The Bertz CT molecular complexity index is 363. The van der Waals surface area contributed by atoms with Crippen molar-refractivity contribution in [3.05, 3.63) is 12.3 Å². The van der Waals surface area contributed by atoms with Gasteiger partial charge in [-0.05, 0) is 12.5 Å². The maximum atomic E-state index is 11.7. The highest BCUT2D eigenvalue weighted by Gasteiger charge is 2.24. The summed E-state index contributed by atoms with van der Waals surface area (Å²) in [6, 6.07) is 1.64. The fourth-order valence-corrected chi connectivity index (χ4v) is 1.67. The first-order chi connectivity index (χ1) is 7.15. The van der Waals surface area contributed by atoms with E-state index in [4.69, 9.17) is 5.73 Å². The lowest BCUT2D eigenvalue weighted by Gasteiger charge is -2.15. The van der Waals surface area contributed by atoms with Crippen LogP contribution in [0.2, 0.25) is 0 Å². The molecule has 3 N–H and O–H groups in total. The van der Waals surface area contributed by atoms with Crippen molar-refractivity contribution < 1.29 is 9.90 Å². The molecule has 0 radical (unpaired) electrons. The Balaban J connectivity index is 1.92. The Kier molecular flexibility index (Phi) is 2.59. The quantitative estimate of drug-likeness (QED) is 0.659. The molecule has 1 atom stereocenters. The highest BCUT2D eigenvalue weighted by Crippen LogP contribution is 2.09. The summed E-state index contributed by atoms with van der Waals surface area (Å²) in [4.78, 5) is 13.3. The molecule has 1 aromatic rings. The van der Waals surface area contributed by atoms with Crippen molar-refractivity contribution in [2.24, 2.45) is 0 Å². The number of likely N-dealkylation sites (tertiary alicyclic amines) is 1. The zero-order valence-corrected chi connectivity index (χ0v) is 8.33. The van der Waals surface area contributed by atoms with Crippen molar-refractivity contribution in [2.75, 3.05) is 18.8 Å². The lowest BCUT2D eigenvalue weighted by Crippen LogP contribution is -2.32. The number of aromatic nitrogens is 2. The predicted molar refractivity (Wildman–Crippen MR) is 53.8 cm³/mol. The number of β-amino-alcohol motifs (C(OH)–C–C–N with tert-alkyl or cyclic N) is 1. The van der Waals surface area contributed by atoms with Gasteiger partial charge in [0, 0.05) is 19.3 Å². The van der Waals surface area contributed by atoms with Crippen LogP contribution in [-0.4, -0.2) is 44.9 Å². The van der Waals surface area contributed by atoms with Gasteiger partial charge in [0.05, 0.1) is 6.10 Å². The maximum Gasteiger partial charge on any atom is 0.244 e. The van der Waals surface area contributed by atoms with Gasteiger partial charge in [-0.2, -0.15) is 5.10 Å².